The normalized spacial score (nSPS) is 27.1. The average molecular weight is 577 g/mol. The number of esters is 1. The Morgan fingerprint density at radius 1 is 1.09 bits per heavy atom. The maximum Gasteiger partial charge on any atom is 0.303 e. The first kappa shape index (κ1) is 27.5. The summed E-state index contributed by atoms with van der Waals surface area (Å²) in [6.45, 7) is 2.89. The number of amides is 1. The fourth-order valence-corrected chi connectivity index (χ4v) is 8.40. The molecule has 7 rings (SSSR count). The minimum atomic E-state index is -0.358. The molecule has 6 atom stereocenters. The first-order valence-corrected chi connectivity index (χ1v) is 15.2. The number of carbonyl (C=O) groups is 2. The van der Waals surface area contributed by atoms with Crippen LogP contribution in [0, 0.1) is 17.8 Å². The monoisotopic (exact) mass is 576 g/mol. The van der Waals surface area contributed by atoms with Gasteiger partial charge < -0.3 is 19.5 Å². The Hall–Kier alpha value is -4.28. The molecule has 2 aliphatic heterocycles. The predicted molar refractivity (Wildman–Crippen MR) is 161 cm³/mol. The van der Waals surface area contributed by atoms with Gasteiger partial charge in [0.05, 0.1) is 6.04 Å². The van der Waals surface area contributed by atoms with Crippen molar-refractivity contribution in [3.63, 3.8) is 0 Å². The lowest BCUT2D eigenvalue weighted by molar-refractivity contribution is -0.150. The van der Waals surface area contributed by atoms with Gasteiger partial charge in [0.15, 0.2) is 11.5 Å². The lowest BCUT2D eigenvalue weighted by Gasteiger charge is -2.60. The molecule has 1 spiro atoms. The summed E-state index contributed by atoms with van der Waals surface area (Å²) in [4.78, 5) is 29.7. The number of phenolic OH excluding ortho intramolecular Hbond substituents is 1. The molecular weight excluding hydrogens is 540 g/mol. The number of carbonyl (C=O) groups excluding carboxylic acids is 2. The number of ether oxygens (including phenoxy) is 2. The number of hydrogen-bond donors (Lipinski definition) is 1. The van der Waals surface area contributed by atoms with Gasteiger partial charge in [-0.15, -0.1) is 0 Å². The fraction of sp³-hybridized carbons (Fsp3) is 0.389. The van der Waals surface area contributed by atoms with Crippen LogP contribution in [0.2, 0.25) is 0 Å². The van der Waals surface area contributed by atoms with E-state index in [4.69, 9.17) is 9.47 Å². The van der Waals surface area contributed by atoms with Crippen LogP contribution in [0.3, 0.4) is 0 Å². The van der Waals surface area contributed by atoms with Crippen LogP contribution in [0.5, 0.6) is 11.5 Å². The number of likely N-dealkylation sites (tertiary alicyclic amines) is 1. The third-order valence-electron chi connectivity index (χ3n) is 10.2. The molecule has 2 aliphatic carbocycles. The van der Waals surface area contributed by atoms with E-state index in [9.17, 15) is 14.7 Å². The Kier molecular flexibility index (Phi) is 6.90. The topological polar surface area (TPSA) is 79.3 Å². The van der Waals surface area contributed by atoms with Crippen LogP contribution < -0.4 is 4.74 Å². The summed E-state index contributed by atoms with van der Waals surface area (Å²) in [5.74, 6) is 6.36. The van der Waals surface area contributed by atoms with Crippen molar-refractivity contribution in [3.05, 3.63) is 95.1 Å². The number of nitrogens with zero attached hydrogens (tertiary/aromatic N) is 2. The summed E-state index contributed by atoms with van der Waals surface area (Å²) in [6, 6.07) is 23.3. The van der Waals surface area contributed by atoms with E-state index in [2.05, 4.69) is 16.7 Å². The Labute approximate surface area is 252 Å². The van der Waals surface area contributed by atoms with Gasteiger partial charge in [-0.3, -0.25) is 14.5 Å². The van der Waals surface area contributed by atoms with Gasteiger partial charge >= 0.3 is 5.97 Å². The summed E-state index contributed by atoms with van der Waals surface area (Å²) >= 11 is 0. The van der Waals surface area contributed by atoms with E-state index in [1.165, 1.54) is 12.5 Å². The molecule has 0 radical (unpaired) electrons. The Morgan fingerprint density at radius 3 is 2.58 bits per heavy atom. The fourth-order valence-electron chi connectivity index (χ4n) is 8.40. The van der Waals surface area contributed by atoms with Gasteiger partial charge in [0, 0.05) is 49.0 Å². The second-order valence-corrected chi connectivity index (χ2v) is 12.3. The zero-order chi connectivity index (χ0) is 29.7. The molecule has 1 amide bonds. The van der Waals surface area contributed by atoms with Crippen LogP contribution in [0.4, 0.5) is 0 Å². The molecule has 7 heteroatoms. The molecule has 3 aromatic rings. The molecule has 43 heavy (non-hydrogen) atoms. The van der Waals surface area contributed by atoms with Gasteiger partial charge in [-0.2, -0.15) is 0 Å². The molecule has 2 fully saturated rings. The first-order valence-electron chi connectivity index (χ1n) is 15.2. The van der Waals surface area contributed by atoms with E-state index in [1.807, 2.05) is 73.8 Å². The molecule has 0 aromatic heterocycles. The molecule has 1 N–H and O–H groups in total. The summed E-state index contributed by atoms with van der Waals surface area (Å²) in [5.41, 5.74) is 3.82. The van der Waals surface area contributed by atoms with Crippen LogP contribution in [0.1, 0.15) is 54.5 Å². The highest BCUT2D eigenvalue weighted by molar-refractivity contribution is 5.94. The largest absolute Gasteiger partial charge is 0.504 e. The second-order valence-electron chi connectivity index (χ2n) is 12.3. The third kappa shape index (κ3) is 4.56. The quantitative estimate of drug-likeness (QED) is 0.353. The maximum absolute atomic E-state index is 13.4. The Morgan fingerprint density at radius 2 is 1.84 bits per heavy atom. The summed E-state index contributed by atoms with van der Waals surface area (Å²) in [7, 11) is 1.83. The average Bonchev–Trinajstić information content (AvgIpc) is 3.37. The van der Waals surface area contributed by atoms with Gasteiger partial charge in [-0.1, -0.05) is 60.5 Å². The highest BCUT2D eigenvalue weighted by Crippen LogP contribution is 2.64. The highest BCUT2D eigenvalue weighted by Gasteiger charge is 2.66. The number of likely N-dealkylation sites (N-methyl/N-ethyl adjacent to an activating group) is 1. The van der Waals surface area contributed by atoms with Gasteiger partial charge in [0.25, 0.3) is 5.91 Å². The van der Waals surface area contributed by atoms with Crippen molar-refractivity contribution < 1.29 is 24.2 Å². The number of phenols is 1. The van der Waals surface area contributed by atoms with Crippen molar-refractivity contribution in [3.8, 4) is 23.3 Å². The van der Waals surface area contributed by atoms with Crippen molar-refractivity contribution in [2.75, 3.05) is 20.1 Å². The molecule has 1 unspecified atom stereocenters. The number of aromatic hydroxyl groups is 1. The van der Waals surface area contributed by atoms with Crippen LogP contribution in [0.15, 0.2) is 72.8 Å². The van der Waals surface area contributed by atoms with E-state index in [0.29, 0.717) is 12.3 Å². The Balaban J connectivity index is 1.21. The molecule has 1 saturated carbocycles. The second kappa shape index (κ2) is 10.8. The first-order chi connectivity index (χ1) is 20.9. The number of benzene rings is 3. The van der Waals surface area contributed by atoms with Crippen LogP contribution in [-0.4, -0.2) is 65.1 Å². The summed E-state index contributed by atoms with van der Waals surface area (Å²) in [6.07, 6.45) is 2.75. The van der Waals surface area contributed by atoms with Crippen LogP contribution in [0.25, 0.3) is 0 Å². The number of piperidine rings is 1. The van der Waals surface area contributed by atoms with Gasteiger partial charge in [-0.25, -0.2) is 0 Å². The lowest BCUT2D eigenvalue weighted by atomic mass is 9.51. The predicted octanol–water partition coefficient (Wildman–Crippen LogP) is 4.61. The third-order valence-corrected chi connectivity index (χ3v) is 10.2. The smallest absolute Gasteiger partial charge is 0.303 e. The van der Waals surface area contributed by atoms with E-state index >= 15 is 0 Å². The van der Waals surface area contributed by atoms with Gasteiger partial charge in [0.1, 0.15) is 12.2 Å². The molecular formula is C36H36N2O5. The minimum absolute atomic E-state index is 0.165. The molecule has 1 saturated heterocycles. The van der Waals surface area contributed by atoms with Crippen molar-refractivity contribution in [1.29, 1.82) is 0 Å². The molecule has 220 valence electrons. The minimum Gasteiger partial charge on any atom is -0.504 e. The van der Waals surface area contributed by atoms with Gasteiger partial charge in [-0.05, 0) is 67.5 Å². The van der Waals surface area contributed by atoms with Crippen LogP contribution in [-0.2, 0) is 26.2 Å². The van der Waals surface area contributed by atoms with Crippen molar-refractivity contribution in [2.24, 2.45) is 5.92 Å². The molecule has 4 aliphatic rings. The SMILES string of the molecule is CC(=O)OC(CN1CC[C@]23c4c5ccc(O)c4O[C@H]2[C@H](N(C)C(=O)C#Cc2ccccc2)CC[C@H]3[C@H]1C5)c1ccccc1. The molecule has 3 aromatic carbocycles. The maximum atomic E-state index is 13.4. The van der Waals surface area contributed by atoms with Crippen molar-refractivity contribution in [1.82, 2.24) is 9.80 Å². The van der Waals surface area contributed by atoms with E-state index < -0.39 is 0 Å². The molecule has 2 bridgehead atoms. The number of rotatable bonds is 5. The standard InChI is InChI=1S/C36H36N2O5/c1-23(39)42-31(25-11-7-4-8-12-25)22-38-20-19-36-27-15-16-28(37(2)32(41)18-13-24-9-5-3-6-10-24)35(36)43-34-30(40)17-14-26(33(34)36)21-29(27)38/h3-12,14,17,27-29,31,35,40H,15-16,19-22H2,1-2H3/t27-,28+,29+,31?,35-,36-/m0/s1. The van der Waals surface area contributed by atoms with Crippen molar-refractivity contribution >= 4 is 11.9 Å². The van der Waals surface area contributed by atoms with Crippen LogP contribution >= 0.6 is 0 Å². The summed E-state index contributed by atoms with van der Waals surface area (Å²) in [5, 5.41) is 10.9. The molecule has 7 nitrogen and oxygen atoms in total. The molecule has 2 heterocycles. The van der Waals surface area contributed by atoms with Crippen molar-refractivity contribution in [2.45, 2.75) is 62.3 Å². The highest BCUT2D eigenvalue weighted by atomic mass is 16.5. The zero-order valence-corrected chi connectivity index (χ0v) is 24.5. The van der Waals surface area contributed by atoms with E-state index in [-0.39, 0.29) is 53.3 Å². The zero-order valence-electron chi connectivity index (χ0n) is 24.5. The van der Waals surface area contributed by atoms with Gasteiger partial charge in [0.2, 0.25) is 0 Å². The number of hydrogen-bond acceptors (Lipinski definition) is 6. The summed E-state index contributed by atoms with van der Waals surface area (Å²) < 4.78 is 12.6. The van der Waals surface area contributed by atoms with E-state index in [0.717, 1.165) is 48.9 Å². The Bertz CT molecular complexity index is 1610. The van der Waals surface area contributed by atoms with E-state index in [1.54, 1.807) is 11.0 Å². The lowest BCUT2D eigenvalue weighted by Crippen LogP contribution is -2.69.